The number of aliphatic hydroxyl groups excluding tert-OH is 1. The molecule has 0 aromatic heterocycles. The Morgan fingerprint density at radius 2 is 2.31 bits per heavy atom. The SMILES string of the molecule is N#Cc1ccc(OCCO)cc1Cl. The second kappa shape index (κ2) is 4.70. The summed E-state index contributed by atoms with van der Waals surface area (Å²) >= 11 is 5.74. The molecule has 1 aromatic rings. The van der Waals surface area contributed by atoms with Crippen LogP contribution in [-0.4, -0.2) is 18.3 Å². The predicted octanol–water partition coefficient (Wildman–Crippen LogP) is 1.58. The highest BCUT2D eigenvalue weighted by atomic mass is 35.5. The van der Waals surface area contributed by atoms with Gasteiger partial charge in [-0.15, -0.1) is 0 Å². The topological polar surface area (TPSA) is 53.2 Å². The Balaban J connectivity index is 2.79. The summed E-state index contributed by atoms with van der Waals surface area (Å²) in [5.41, 5.74) is 0.415. The summed E-state index contributed by atoms with van der Waals surface area (Å²) in [6, 6.07) is 6.71. The van der Waals surface area contributed by atoms with Gasteiger partial charge in [0.25, 0.3) is 0 Å². The third kappa shape index (κ3) is 2.62. The van der Waals surface area contributed by atoms with Crippen LogP contribution in [0, 0.1) is 11.3 Å². The Morgan fingerprint density at radius 1 is 1.54 bits per heavy atom. The van der Waals surface area contributed by atoms with E-state index < -0.39 is 0 Å². The molecule has 0 amide bonds. The molecule has 0 atom stereocenters. The Hall–Kier alpha value is -1.24. The minimum atomic E-state index is -0.0440. The molecule has 0 saturated carbocycles. The van der Waals surface area contributed by atoms with E-state index in [0.29, 0.717) is 16.3 Å². The second-order valence-corrected chi connectivity index (χ2v) is 2.73. The zero-order valence-corrected chi connectivity index (χ0v) is 7.58. The Bertz CT molecular complexity index is 333. The molecule has 1 N–H and O–H groups in total. The molecule has 0 spiro atoms. The van der Waals surface area contributed by atoms with Crippen LogP contribution in [0.2, 0.25) is 5.02 Å². The number of hydrogen-bond acceptors (Lipinski definition) is 3. The van der Waals surface area contributed by atoms with Crippen molar-refractivity contribution >= 4 is 11.6 Å². The molecule has 0 bridgehead atoms. The van der Waals surface area contributed by atoms with E-state index in [1.54, 1.807) is 18.2 Å². The van der Waals surface area contributed by atoms with Crippen LogP contribution < -0.4 is 4.74 Å². The summed E-state index contributed by atoms with van der Waals surface area (Å²) < 4.78 is 5.09. The van der Waals surface area contributed by atoms with Crippen molar-refractivity contribution in [2.75, 3.05) is 13.2 Å². The molecule has 0 radical (unpaired) electrons. The number of ether oxygens (including phenoxy) is 1. The maximum atomic E-state index is 8.57. The molecule has 0 aliphatic heterocycles. The first-order valence-electron chi connectivity index (χ1n) is 3.71. The Kier molecular flexibility index (Phi) is 3.56. The lowest BCUT2D eigenvalue weighted by Gasteiger charge is -2.04. The van der Waals surface area contributed by atoms with Gasteiger partial charge in [-0.1, -0.05) is 11.6 Å². The highest BCUT2D eigenvalue weighted by Crippen LogP contribution is 2.21. The van der Waals surface area contributed by atoms with Crippen LogP contribution in [0.25, 0.3) is 0 Å². The molecule has 13 heavy (non-hydrogen) atoms. The van der Waals surface area contributed by atoms with Crippen LogP contribution in [-0.2, 0) is 0 Å². The van der Waals surface area contributed by atoms with Crippen molar-refractivity contribution in [2.24, 2.45) is 0 Å². The molecule has 4 heteroatoms. The summed E-state index contributed by atoms with van der Waals surface area (Å²) in [6.45, 7) is 0.180. The van der Waals surface area contributed by atoms with Crippen molar-refractivity contribution < 1.29 is 9.84 Å². The van der Waals surface area contributed by atoms with Gasteiger partial charge in [0, 0.05) is 6.07 Å². The van der Waals surface area contributed by atoms with E-state index in [9.17, 15) is 0 Å². The van der Waals surface area contributed by atoms with Gasteiger partial charge in [0.05, 0.1) is 17.2 Å². The van der Waals surface area contributed by atoms with Gasteiger partial charge in [0.15, 0.2) is 0 Å². The maximum absolute atomic E-state index is 8.57. The number of nitriles is 1. The lowest BCUT2D eigenvalue weighted by atomic mass is 10.2. The fourth-order valence-corrected chi connectivity index (χ4v) is 1.05. The van der Waals surface area contributed by atoms with Gasteiger partial charge in [-0.25, -0.2) is 0 Å². The number of benzene rings is 1. The van der Waals surface area contributed by atoms with Crippen molar-refractivity contribution in [1.29, 1.82) is 5.26 Å². The first kappa shape index (κ1) is 9.85. The normalized spacial score (nSPS) is 9.31. The maximum Gasteiger partial charge on any atom is 0.120 e. The van der Waals surface area contributed by atoms with Crippen molar-refractivity contribution in [3.05, 3.63) is 28.8 Å². The zero-order valence-electron chi connectivity index (χ0n) is 6.83. The number of hydrogen-bond donors (Lipinski definition) is 1. The lowest BCUT2D eigenvalue weighted by Crippen LogP contribution is -2.01. The fourth-order valence-electron chi connectivity index (χ4n) is 0.840. The van der Waals surface area contributed by atoms with Crippen molar-refractivity contribution in [2.45, 2.75) is 0 Å². The summed E-state index contributed by atoms with van der Waals surface area (Å²) in [7, 11) is 0. The van der Waals surface area contributed by atoms with Crippen LogP contribution in [0.4, 0.5) is 0 Å². The van der Waals surface area contributed by atoms with Gasteiger partial charge >= 0.3 is 0 Å². The van der Waals surface area contributed by atoms with Crippen LogP contribution >= 0.6 is 11.6 Å². The summed E-state index contributed by atoms with van der Waals surface area (Å²) in [5.74, 6) is 0.554. The van der Waals surface area contributed by atoms with E-state index in [0.717, 1.165) is 0 Å². The molecule has 68 valence electrons. The van der Waals surface area contributed by atoms with Crippen molar-refractivity contribution in [3.8, 4) is 11.8 Å². The lowest BCUT2D eigenvalue weighted by molar-refractivity contribution is 0.201. The Labute approximate surface area is 81.1 Å². The fraction of sp³-hybridized carbons (Fsp3) is 0.222. The largest absolute Gasteiger partial charge is 0.491 e. The summed E-state index contributed by atoms with van der Waals surface area (Å²) in [6.07, 6.45) is 0. The molecule has 1 aromatic carbocycles. The van der Waals surface area contributed by atoms with E-state index >= 15 is 0 Å². The Morgan fingerprint density at radius 3 is 2.85 bits per heavy atom. The van der Waals surface area contributed by atoms with Crippen LogP contribution in [0.5, 0.6) is 5.75 Å². The molecule has 0 aliphatic rings. The van der Waals surface area contributed by atoms with Crippen molar-refractivity contribution in [3.63, 3.8) is 0 Å². The van der Waals surface area contributed by atoms with Gasteiger partial charge < -0.3 is 9.84 Å². The number of rotatable bonds is 3. The molecular formula is C9H8ClNO2. The minimum absolute atomic E-state index is 0.0440. The average Bonchev–Trinajstić information content (AvgIpc) is 2.15. The molecular weight excluding hydrogens is 190 g/mol. The first-order chi connectivity index (χ1) is 6.27. The molecule has 3 nitrogen and oxygen atoms in total. The molecule has 0 saturated heterocycles. The van der Waals surface area contributed by atoms with E-state index in [1.165, 1.54) is 0 Å². The molecule has 1 rings (SSSR count). The molecule has 0 fully saturated rings. The van der Waals surface area contributed by atoms with E-state index in [1.807, 2.05) is 6.07 Å². The smallest absolute Gasteiger partial charge is 0.120 e. The first-order valence-corrected chi connectivity index (χ1v) is 4.09. The van der Waals surface area contributed by atoms with Crippen molar-refractivity contribution in [1.82, 2.24) is 0 Å². The number of aliphatic hydroxyl groups is 1. The number of halogens is 1. The van der Waals surface area contributed by atoms with E-state index in [2.05, 4.69) is 0 Å². The zero-order chi connectivity index (χ0) is 9.68. The standard InChI is InChI=1S/C9H8ClNO2/c10-9-5-8(13-4-3-12)2-1-7(9)6-11/h1-2,5,12H,3-4H2. The second-order valence-electron chi connectivity index (χ2n) is 2.33. The molecule has 0 aliphatic carbocycles. The van der Waals surface area contributed by atoms with Gasteiger partial charge in [-0.3, -0.25) is 0 Å². The summed E-state index contributed by atoms with van der Waals surface area (Å²) in [5, 5.41) is 17.4. The summed E-state index contributed by atoms with van der Waals surface area (Å²) in [4.78, 5) is 0. The van der Waals surface area contributed by atoms with Gasteiger partial charge in [-0.2, -0.15) is 5.26 Å². The number of nitrogens with zero attached hydrogens (tertiary/aromatic N) is 1. The van der Waals surface area contributed by atoms with Crippen LogP contribution in [0.15, 0.2) is 18.2 Å². The van der Waals surface area contributed by atoms with Gasteiger partial charge in [-0.05, 0) is 12.1 Å². The molecule has 0 heterocycles. The minimum Gasteiger partial charge on any atom is -0.491 e. The third-order valence-electron chi connectivity index (χ3n) is 1.42. The van der Waals surface area contributed by atoms with Crippen LogP contribution in [0.1, 0.15) is 5.56 Å². The van der Waals surface area contributed by atoms with E-state index in [-0.39, 0.29) is 13.2 Å². The van der Waals surface area contributed by atoms with Crippen LogP contribution in [0.3, 0.4) is 0 Å². The average molecular weight is 198 g/mol. The highest BCUT2D eigenvalue weighted by Gasteiger charge is 2.00. The monoisotopic (exact) mass is 197 g/mol. The molecule has 0 unspecified atom stereocenters. The van der Waals surface area contributed by atoms with Gasteiger partial charge in [0.1, 0.15) is 18.4 Å². The predicted molar refractivity (Wildman–Crippen MR) is 48.7 cm³/mol. The highest BCUT2D eigenvalue weighted by molar-refractivity contribution is 6.31. The third-order valence-corrected chi connectivity index (χ3v) is 1.73. The quantitative estimate of drug-likeness (QED) is 0.801. The van der Waals surface area contributed by atoms with E-state index in [4.69, 9.17) is 26.7 Å². The van der Waals surface area contributed by atoms with Gasteiger partial charge in [0.2, 0.25) is 0 Å².